The maximum absolute atomic E-state index is 12.8. The van der Waals surface area contributed by atoms with E-state index >= 15 is 0 Å². The molecule has 3 rings (SSSR count). The van der Waals surface area contributed by atoms with Gasteiger partial charge < -0.3 is 9.88 Å². The van der Waals surface area contributed by atoms with Crippen molar-refractivity contribution in [2.24, 2.45) is 0 Å². The molecule has 0 atom stereocenters. The number of benzene rings is 2. The van der Waals surface area contributed by atoms with Gasteiger partial charge in [-0.2, -0.15) is 5.26 Å². The molecule has 0 radical (unpaired) electrons. The molecule has 0 aliphatic carbocycles. The summed E-state index contributed by atoms with van der Waals surface area (Å²) in [4.78, 5) is 29.9. The number of aromatic nitrogens is 2. The van der Waals surface area contributed by atoms with Crippen molar-refractivity contribution in [3.63, 3.8) is 0 Å². The number of carbonyl (C=O) groups is 1. The molecule has 0 bridgehead atoms. The highest BCUT2D eigenvalue weighted by Gasteiger charge is 2.14. The van der Waals surface area contributed by atoms with E-state index < -0.39 is 0 Å². The van der Waals surface area contributed by atoms with Gasteiger partial charge in [-0.3, -0.25) is 14.2 Å². The number of nitrogens with one attached hydrogen (secondary N) is 1. The third-order valence-corrected chi connectivity index (χ3v) is 4.69. The molecule has 1 N–H and O–H groups in total. The normalized spacial score (nSPS) is 10.4. The molecular formula is C21H18N4O2S. The van der Waals surface area contributed by atoms with Crippen molar-refractivity contribution in [1.29, 1.82) is 5.26 Å². The smallest absolute Gasteiger partial charge is 0.262 e. The molecule has 7 heteroatoms. The first-order chi connectivity index (χ1) is 13.4. The van der Waals surface area contributed by atoms with Gasteiger partial charge in [0.1, 0.15) is 0 Å². The number of amides is 1. The summed E-state index contributed by atoms with van der Waals surface area (Å²) in [5, 5.41) is 9.46. The van der Waals surface area contributed by atoms with Crippen LogP contribution in [0.2, 0.25) is 0 Å². The van der Waals surface area contributed by atoms with Crippen LogP contribution in [-0.4, -0.2) is 27.4 Å². The molecule has 6 nitrogen and oxygen atoms in total. The van der Waals surface area contributed by atoms with E-state index in [1.54, 1.807) is 54.4 Å². The van der Waals surface area contributed by atoms with Crippen molar-refractivity contribution in [1.82, 2.24) is 14.5 Å². The van der Waals surface area contributed by atoms with Crippen molar-refractivity contribution in [3.8, 4) is 6.07 Å². The van der Waals surface area contributed by atoms with Crippen LogP contribution in [0.15, 0.2) is 59.9 Å². The van der Waals surface area contributed by atoms with E-state index in [9.17, 15) is 9.59 Å². The molecule has 1 heterocycles. The fourth-order valence-electron chi connectivity index (χ4n) is 2.99. The Morgan fingerprint density at radius 3 is 2.86 bits per heavy atom. The summed E-state index contributed by atoms with van der Waals surface area (Å²) in [6.07, 6.45) is 1.60. The van der Waals surface area contributed by atoms with Gasteiger partial charge in [0.05, 0.1) is 22.5 Å². The van der Waals surface area contributed by atoms with Gasteiger partial charge >= 0.3 is 0 Å². The van der Waals surface area contributed by atoms with Crippen LogP contribution in [0.5, 0.6) is 0 Å². The summed E-state index contributed by atoms with van der Waals surface area (Å²) >= 11 is 5.24. The molecule has 0 fully saturated rings. The highest BCUT2D eigenvalue weighted by molar-refractivity contribution is 7.71. The first-order valence-electron chi connectivity index (χ1n) is 8.57. The van der Waals surface area contributed by atoms with Crippen LogP contribution >= 0.6 is 12.2 Å². The fraction of sp³-hybridized carbons (Fsp3) is 0.143. The first-order valence-corrected chi connectivity index (χ1v) is 8.97. The van der Waals surface area contributed by atoms with Crippen molar-refractivity contribution in [2.75, 3.05) is 7.05 Å². The number of H-pyrrole nitrogens is 1. The lowest BCUT2D eigenvalue weighted by molar-refractivity contribution is 0.0785. The van der Waals surface area contributed by atoms with Crippen LogP contribution in [0, 0.1) is 16.1 Å². The van der Waals surface area contributed by atoms with Gasteiger partial charge in [0.2, 0.25) is 0 Å². The topological polar surface area (TPSA) is 81.9 Å². The average molecular weight is 390 g/mol. The van der Waals surface area contributed by atoms with Gasteiger partial charge in [-0.15, -0.1) is 6.58 Å². The highest BCUT2D eigenvalue weighted by Crippen LogP contribution is 2.14. The molecule has 140 valence electrons. The minimum absolute atomic E-state index is 0.196. The Balaban J connectivity index is 1.92. The Bertz CT molecular complexity index is 1230. The molecule has 0 unspecified atom stereocenters. The van der Waals surface area contributed by atoms with Crippen LogP contribution in [0.4, 0.5) is 0 Å². The molecule has 1 aromatic heterocycles. The van der Waals surface area contributed by atoms with Gasteiger partial charge in [-0.25, -0.2) is 0 Å². The van der Waals surface area contributed by atoms with E-state index in [1.165, 1.54) is 4.57 Å². The van der Waals surface area contributed by atoms with Gasteiger partial charge in [-0.1, -0.05) is 18.2 Å². The Hall–Kier alpha value is -3.50. The predicted molar refractivity (Wildman–Crippen MR) is 111 cm³/mol. The zero-order chi connectivity index (χ0) is 20.3. The summed E-state index contributed by atoms with van der Waals surface area (Å²) in [7, 11) is 1.69. The van der Waals surface area contributed by atoms with E-state index in [1.807, 2.05) is 6.07 Å². The summed E-state index contributed by atoms with van der Waals surface area (Å²) in [5.41, 5.74) is 2.15. The number of fused-ring (bicyclic) bond motifs is 1. The average Bonchev–Trinajstić information content (AvgIpc) is 2.70. The zero-order valence-corrected chi connectivity index (χ0v) is 16.1. The lowest BCUT2D eigenvalue weighted by atomic mass is 10.1. The molecule has 0 saturated carbocycles. The number of hydrogen-bond acceptors (Lipinski definition) is 4. The third-order valence-electron chi connectivity index (χ3n) is 4.36. The Morgan fingerprint density at radius 2 is 2.14 bits per heavy atom. The lowest BCUT2D eigenvalue weighted by Gasteiger charge is -2.18. The second-order valence-corrected chi connectivity index (χ2v) is 6.76. The molecule has 28 heavy (non-hydrogen) atoms. The number of rotatable bonds is 5. The summed E-state index contributed by atoms with van der Waals surface area (Å²) in [6.45, 7) is 4.31. The van der Waals surface area contributed by atoms with Crippen LogP contribution in [-0.2, 0) is 13.1 Å². The maximum atomic E-state index is 12.8. The van der Waals surface area contributed by atoms with E-state index in [0.717, 1.165) is 5.56 Å². The number of hydrogen-bond donors (Lipinski definition) is 1. The molecule has 0 spiro atoms. The predicted octanol–water partition coefficient (Wildman–Crippen LogP) is 3.39. The van der Waals surface area contributed by atoms with Crippen LogP contribution in [0.25, 0.3) is 10.9 Å². The number of nitriles is 1. The standard InChI is InChI=1S/C21H18N4O2S/c1-3-9-25-20(27)17-8-7-16(11-18(17)23-21(25)28)19(26)24(2)13-15-6-4-5-14(10-15)12-22/h3-8,10-11H,1,9,13H2,2H3,(H,23,28). The first kappa shape index (κ1) is 19.3. The highest BCUT2D eigenvalue weighted by atomic mass is 32.1. The van der Waals surface area contributed by atoms with Crippen molar-refractivity contribution >= 4 is 29.0 Å². The van der Waals surface area contributed by atoms with Gasteiger partial charge in [0.25, 0.3) is 11.5 Å². The van der Waals surface area contributed by atoms with Crippen LogP contribution in [0.1, 0.15) is 21.5 Å². The lowest BCUT2D eigenvalue weighted by Crippen LogP contribution is -2.26. The second-order valence-electron chi connectivity index (χ2n) is 6.37. The van der Waals surface area contributed by atoms with E-state index in [4.69, 9.17) is 17.5 Å². The Kier molecular flexibility index (Phi) is 5.52. The third kappa shape index (κ3) is 3.77. The molecule has 0 aliphatic heterocycles. The molecular weight excluding hydrogens is 372 g/mol. The minimum atomic E-state index is -0.223. The summed E-state index contributed by atoms with van der Waals surface area (Å²) in [5.74, 6) is -0.196. The number of nitrogens with zero attached hydrogens (tertiary/aromatic N) is 3. The van der Waals surface area contributed by atoms with Crippen LogP contribution < -0.4 is 5.56 Å². The van der Waals surface area contributed by atoms with Gasteiger partial charge in [0, 0.05) is 25.7 Å². The van der Waals surface area contributed by atoms with E-state index in [-0.39, 0.29) is 16.2 Å². The fourth-order valence-corrected chi connectivity index (χ4v) is 3.26. The van der Waals surface area contributed by atoms with E-state index in [0.29, 0.717) is 35.1 Å². The zero-order valence-electron chi connectivity index (χ0n) is 15.3. The van der Waals surface area contributed by atoms with Crippen LogP contribution in [0.3, 0.4) is 0 Å². The monoisotopic (exact) mass is 390 g/mol. The number of aromatic amines is 1. The van der Waals surface area contributed by atoms with Crippen molar-refractivity contribution < 1.29 is 4.79 Å². The maximum Gasteiger partial charge on any atom is 0.262 e. The van der Waals surface area contributed by atoms with Gasteiger partial charge in [0.15, 0.2) is 4.77 Å². The Morgan fingerprint density at radius 1 is 1.36 bits per heavy atom. The number of allylic oxidation sites excluding steroid dienone is 1. The van der Waals surface area contributed by atoms with Crippen molar-refractivity contribution in [2.45, 2.75) is 13.1 Å². The quantitative estimate of drug-likeness (QED) is 0.535. The minimum Gasteiger partial charge on any atom is -0.337 e. The molecule has 0 saturated heterocycles. The SMILES string of the molecule is C=CCn1c(=S)[nH]c2cc(C(=O)N(C)Cc3cccc(C#N)c3)ccc2c1=O. The van der Waals surface area contributed by atoms with E-state index in [2.05, 4.69) is 17.6 Å². The van der Waals surface area contributed by atoms with Crippen molar-refractivity contribution in [3.05, 3.63) is 86.9 Å². The molecule has 0 aliphatic rings. The second kappa shape index (κ2) is 8.03. The number of carbonyl (C=O) groups excluding carboxylic acids is 1. The summed E-state index contributed by atoms with van der Waals surface area (Å²) in [6, 6.07) is 14.1. The summed E-state index contributed by atoms with van der Waals surface area (Å²) < 4.78 is 1.70. The molecule has 3 aromatic rings. The van der Waals surface area contributed by atoms with Gasteiger partial charge in [-0.05, 0) is 48.1 Å². The Labute approximate surface area is 167 Å². The largest absolute Gasteiger partial charge is 0.337 e. The molecule has 1 amide bonds. The molecule has 2 aromatic carbocycles.